The van der Waals surface area contributed by atoms with E-state index in [0.717, 1.165) is 6.54 Å². The van der Waals surface area contributed by atoms with Crippen LogP contribution in [0.25, 0.3) is 0 Å². The van der Waals surface area contributed by atoms with Crippen molar-refractivity contribution in [2.45, 2.75) is 26.8 Å². The Balaban J connectivity index is 2.35. The number of anilines is 2. The van der Waals surface area contributed by atoms with Gasteiger partial charge in [0, 0.05) is 24.0 Å². The molecule has 0 aliphatic heterocycles. The van der Waals surface area contributed by atoms with Crippen LogP contribution in [0.2, 0.25) is 0 Å². The molecule has 0 aliphatic carbocycles. The monoisotopic (exact) mass is 254 g/mol. The van der Waals surface area contributed by atoms with Crippen LogP contribution in [0.3, 0.4) is 0 Å². The summed E-state index contributed by atoms with van der Waals surface area (Å²) in [5.41, 5.74) is 10.8. The van der Waals surface area contributed by atoms with Gasteiger partial charge in [-0.05, 0) is 50.1 Å². The second-order valence-corrected chi connectivity index (χ2v) is 4.91. The Labute approximate surface area is 115 Å². The van der Waals surface area contributed by atoms with Gasteiger partial charge in [-0.2, -0.15) is 0 Å². The Kier molecular flexibility index (Phi) is 4.23. The highest BCUT2D eigenvalue weighted by atomic mass is 15.1. The van der Waals surface area contributed by atoms with E-state index in [-0.39, 0.29) is 6.04 Å². The molecule has 0 unspecified atom stereocenters. The summed E-state index contributed by atoms with van der Waals surface area (Å²) in [6.45, 7) is 7.27. The van der Waals surface area contributed by atoms with Crippen LogP contribution in [0.15, 0.2) is 48.5 Å². The van der Waals surface area contributed by atoms with Crippen molar-refractivity contribution in [1.29, 1.82) is 0 Å². The molecule has 0 radical (unpaired) electrons. The van der Waals surface area contributed by atoms with Crippen LogP contribution in [0.4, 0.5) is 11.4 Å². The van der Waals surface area contributed by atoms with Gasteiger partial charge in [-0.25, -0.2) is 0 Å². The molecule has 2 aromatic rings. The molecule has 2 N–H and O–H groups in total. The van der Waals surface area contributed by atoms with E-state index in [1.807, 2.05) is 6.92 Å². The molecule has 0 heterocycles. The first-order chi connectivity index (χ1) is 9.13. The van der Waals surface area contributed by atoms with Gasteiger partial charge < -0.3 is 10.6 Å². The number of rotatable bonds is 4. The topological polar surface area (TPSA) is 29.3 Å². The van der Waals surface area contributed by atoms with Gasteiger partial charge in [0.1, 0.15) is 0 Å². The highest BCUT2D eigenvalue weighted by Crippen LogP contribution is 2.28. The summed E-state index contributed by atoms with van der Waals surface area (Å²) in [7, 11) is 0. The Morgan fingerprint density at radius 3 is 2.21 bits per heavy atom. The Hall–Kier alpha value is -1.80. The zero-order chi connectivity index (χ0) is 13.8. The van der Waals surface area contributed by atoms with Crippen LogP contribution in [0.5, 0.6) is 0 Å². The SMILES string of the molecule is CCN(c1ccc([C@H](C)N)cc1)c1ccccc1C. The summed E-state index contributed by atoms with van der Waals surface area (Å²) < 4.78 is 0. The Morgan fingerprint density at radius 1 is 1.05 bits per heavy atom. The first-order valence-corrected chi connectivity index (χ1v) is 6.82. The van der Waals surface area contributed by atoms with Crippen molar-refractivity contribution in [3.63, 3.8) is 0 Å². The van der Waals surface area contributed by atoms with Crippen molar-refractivity contribution in [2.75, 3.05) is 11.4 Å². The molecule has 1 atom stereocenters. The van der Waals surface area contributed by atoms with E-state index >= 15 is 0 Å². The minimum atomic E-state index is 0.0857. The zero-order valence-corrected chi connectivity index (χ0v) is 11.9. The van der Waals surface area contributed by atoms with Crippen LogP contribution in [-0.4, -0.2) is 6.54 Å². The molecular formula is C17H22N2. The zero-order valence-electron chi connectivity index (χ0n) is 11.9. The molecule has 0 fully saturated rings. The van der Waals surface area contributed by atoms with Crippen LogP contribution in [0.1, 0.15) is 31.0 Å². The average molecular weight is 254 g/mol. The number of hydrogen-bond acceptors (Lipinski definition) is 2. The lowest BCUT2D eigenvalue weighted by Gasteiger charge is -2.25. The summed E-state index contributed by atoms with van der Waals surface area (Å²) in [4.78, 5) is 2.32. The minimum Gasteiger partial charge on any atom is -0.342 e. The molecule has 2 rings (SSSR count). The van der Waals surface area contributed by atoms with Crippen molar-refractivity contribution in [3.05, 3.63) is 59.7 Å². The van der Waals surface area contributed by atoms with E-state index in [1.54, 1.807) is 0 Å². The lowest BCUT2D eigenvalue weighted by atomic mass is 10.1. The number of aryl methyl sites for hydroxylation is 1. The van der Waals surface area contributed by atoms with Gasteiger partial charge in [0.2, 0.25) is 0 Å². The van der Waals surface area contributed by atoms with Crippen LogP contribution in [-0.2, 0) is 0 Å². The van der Waals surface area contributed by atoms with E-state index in [0.29, 0.717) is 0 Å². The number of nitrogens with two attached hydrogens (primary N) is 1. The van der Waals surface area contributed by atoms with Gasteiger partial charge >= 0.3 is 0 Å². The molecule has 2 heteroatoms. The normalized spacial score (nSPS) is 12.2. The summed E-state index contributed by atoms with van der Waals surface area (Å²) in [5.74, 6) is 0. The third-order valence-corrected chi connectivity index (χ3v) is 3.45. The van der Waals surface area contributed by atoms with Gasteiger partial charge in [-0.1, -0.05) is 30.3 Å². The van der Waals surface area contributed by atoms with E-state index in [2.05, 4.69) is 67.3 Å². The van der Waals surface area contributed by atoms with Gasteiger partial charge in [0.25, 0.3) is 0 Å². The molecule has 0 saturated heterocycles. The van der Waals surface area contributed by atoms with Gasteiger partial charge in [0.05, 0.1) is 0 Å². The molecule has 2 aromatic carbocycles. The van der Waals surface area contributed by atoms with E-state index < -0.39 is 0 Å². The van der Waals surface area contributed by atoms with Gasteiger partial charge in [0.15, 0.2) is 0 Å². The van der Waals surface area contributed by atoms with Crippen molar-refractivity contribution in [1.82, 2.24) is 0 Å². The molecule has 2 nitrogen and oxygen atoms in total. The first kappa shape index (κ1) is 13.6. The predicted octanol–water partition coefficient (Wildman–Crippen LogP) is 4.17. The fourth-order valence-electron chi connectivity index (χ4n) is 2.32. The molecular weight excluding hydrogens is 232 g/mol. The summed E-state index contributed by atoms with van der Waals surface area (Å²) in [6.07, 6.45) is 0. The smallest absolute Gasteiger partial charge is 0.0440 e. The lowest BCUT2D eigenvalue weighted by Crippen LogP contribution is -2.17. The molecule has 0 spiro atoms. The number of nitrogens with zero attached hydrogens (tertiary/aromatic N) is 1. The molecule has 19 heavy (non-hydrogen) atoms. The molecule has 0 aromatic heterocycles. The summed E-state index contributed by atoms with van der Waals surface area (Å²) >= 11 is 0. The number of para-hydroxylation sites is 1. The highest BCUT2D eigenvalue weighted by Gasteiger charge is 2.09. The molecule has 0 saturated carbocycles. The molecule has 0 bridgehead atoms. The number of benzene rings is 2. The Bertz CT molecular complexity index is 529. The predicted molar refractivity (Wildman–Crippen MR) is 82.9 cm³/mol. The van der Waals surface area contributed by atoms with Gasteiger partial charge in [-0.3, -0.25) is 0 Å². The third-order valence-electron chi connectivity index (χ3n) is 3.45. The van der Waals surface area contributed by atoms with E-state index in [1.165, 1.54) is 22.5 Å². The molecule has 100 valence electrons. The number of hydrogen-bond donors (Lipinski definition) is 1. The standard InChI is InChI=1S/C17H22N2/c1-4-19(17-8-6-5-7-13(17)2)16-11-9-15(10-12-16)14(3)18/h5-12,14H,4,18H2,1-3H3/t14-/m0/s1. The molecule has 0 amide bonds. The average Bonchev–Trinajstić information content (AvgIpc) is 2.42. The third kappa shape index (κ3) is 2.96. The fraction of sp³-hybridized carbons (Fsp3) is 0.294. The fourth-order valence-corrected chi connectivity index (χ4v) is 2.32. The van der Waals surface area contributed by atoms with Crippen molar-refractivity contribution >= 4 is 11.4 Å². The van der Waals surface area contributed by atoms with Crippen molar-refractivity contribution in [3.8, 4) is 0 Å². The van der Waals surface area contributed by atoms with Crippen LogP contribution < -0.4 is 10.6 Å². The van der Waals surface area contributed by atoms with Gasteiger partial charge in [-0.15, -0.1) is 0 Å². The van der Waals surface area contributed by atoms with Crippen molar-refractivity contribution in [2.24, 2.45) is 5.73 Å². The van der Waals surface area contributed by atoms with Crippen LogP contribution >= 0.6 is 0 Å². The maximum absolute atomic E-state index is 5.89. The summed E-state index contributed by atoms with van der Waals surface area (Å²) in [6, 6.07) is 17.1. The van der Waals surface area contributed by atoms with E-state index in [9.17, 15) is 0 Å². The summed E-state index contributed by atoms with van der Waals surface area (Å²) in [5, 5.41) is 0. The highest BCUT2D eigenvalue weighted by molar-refractivity contribution is 5.66. The Morgan fingerprint density at radius 2 is 1.68 bits per heavy atom. The lowest BCUT2D eigenvalue weighted by molar-refractivity contribution is 0.818. The maximum Gasteiger partial charge on any atom is 0.0440 e. The van der Waals surface area contributed by atoms with Crippen LogP contribution in [0, 0.1) is 6.92 Å². The second kappa shape index (κ2) is 5.89. The largest absolute Gasteiger partial charge is 0.342 e. The first-order valence-electron chi connectivity index (χ1n) is 6.82. The van der Waals surface area contributed by atoms with Crippen molar-refractivity contribution < 1.29 is 0 Å². The van der Waals surface area contributed by atoms with E-state index in [4.69, 9.17) is 5.73 Å². The minimum absolute atomic E-state index is 0.0857. The maximum atomic E-state index is 5.89. The quantitative estimate of drug-likeness (QED) is 0.887. The second-order valence-electron chi connectivity index (χ2n) is 4.91. The molecule has 0 aliphatic rings.